The number of hydrogen-bond acceptors (Lipinski definition) is 2. The molecule has 10 aromatic carbocycles. The van der Waals surface area contributed by atoms with E-state index >= 15 is 0 Å². The molecule has 5 heterocycles. The third kappa shape index (κ3) is 6.83. The summed E-state index contributed by atoms with van der Waals surface area (Å²) in [7, 11) is 0. The summed E-state index contributed by atoms with van der Waals surface area (Å²) in [6.07, 6.45) is -9.33. The van der Waals surface area contributed by atoms with Gasteiger partial charge in [0.05, 0.1) is 72.2 Å². The van der Waals surface area contributed by atoms with E-state index < -0.39 is 23.5 Å². The van der Waals surface area contributed by atoms with Crippen LogP contribution in [0.4, 0.5) is 26.3 Å². The number of fused-ring (bicyclic) bond motifs is 12. The molecular formula is C68H38F6N6. The van der Waals surface area contributed by atoms with Crippen LogP contribution in [0.15, 0.2) is 231 Å². The van der Waals surface area contributed by atoms with Gasteiger partial charge in [-0.05, 0) is 103 Å². The molecule has 0 saturated heterocycles. The van der Waals surface area contributed by atoms with E-state index in [1.165, 1.54) is 12.1 Å². The van der Waals surface area contributed by atoms with E-state index in [0.717, 1.165) is 79.3 Å². The minimum absolute atomic E-state index is 0.123. The summed E-state index contributed by atoms with van der Waals surface area (Å²) in [5.74, 6) is 0.249. The fourth-order valence-electron chi connectivity index (χ4n) is 12.4. The van der Waals surface area contributed by atoms with E-state index in [0.29, 0.717) is 71.7 Å². The highest BCUT2D eigenvalue weighted by atomic mass is 19.4. The van der Waals surface area contributed by atoms with E-state index in [1.54, 1.807) is 24.3 Å². The van der Waals surface area contributed by atoms with E-state index in [9.17, 15) is 31.6 Å². The monoisotopic (exact) mass is 1050 g/mol. The highest BCUT2D eigenvalue weighted by Gasteiger charge is 2.35. The molecule has 0 radical (unpaired) electrons. The van der Waals surface area contributed by atoms with Gasteiger partial charge in [0.15, 0.2) is 0 Å². The van der Waals surface area contributed by atoms with Gasteiger partial charge >= 0.3 is 12.4 Å². The third-order valence-electron chi connectivity index (χ3n) is 15.6. The number of pyridine rings is 1. The van der Waals surface area contributed by atoms with Gasteiger partial charge in [-0.2, -0.15) is 31.6 Å². The van der Waals surface area contributed by atoms with Crippen LogP contribution in [0.2, 0.25) is 0 Å². The lowest BCUT2D eigenvalue weighted by Crippen LogP contribution is -2.11. The summed E-state index contributed by atoms with van der Waals surface area (Å²) < 4.78 is 96.8. The highest BCUT2D eigenvalue weighted by molar-refractivity contribution is 6.20. The standard InChI is InChI=1S/C68H38F6N6/c69-67(70,71)40-33-35-57-50(37-40)44-21-7-11-27-53(44)79(57)65-52(39-75)63(48-25-15-31-59-61(48)46-23-9-13-29-55(46)77(59)42-17-3-1-4-18-42)66(80-54-28-12-8-22-45(54)51-38-41(68(72,73)74)34-36-58(51)80)76-64(65)49-26-16-32-60-62(49)47-24-10-14-30-56(47)78(60)43-19-5-2-6-20-43/h1-38H. The molecule has 15 rings (SSSR count). The van der Waals surface area contributed by atoms with Crippen molar-refractivity contribution in [1.29, 1.82) is 5.26 Å². The van der Waals surface area contributed by atoms with E-state index in [-0.39, 0.29) is 11.4 Å². The van der Waals surface area contributed by atoms with Gasteiger partial charge in [0, 0.05) is 65.6 Å². The fourth-order valence-corrected chi connectivity index (χ4v) is 12.4. The molecule has 0 aliphatic rings. The van der Waals surface area contributed by atoms with Crippen LogP contribution in [0.3, 0.4) is 0 Å². The number of aromatic nitrogens is 5. The maximum atomic E-state index is 14.8. The molecule has 5 aromatic heterocycles. The first-order chi connectivity index (χ1) is 39.0. The van der Waals surface area contributed by atoms with Crippen molar-refractivity contribution in [3.63, 3.8) is 0 Å². The van der Waals surface area contributed by atoms with Crippen molar-refractivity contribution in [1.82, 2.24) is 23.3 Å². The van der Waals surface area contributed by atoms with Crippen LogP contribution in [0.25, 0.3) is 132 Å². The van der Waals surface area contributed by atoms with E-state index in [2.05, 4.69) is 15.2 Å². The summed E-state index contributed by atoms with van der Waals surface area (Å²) in [5.41, 5.74) is 7.66. The van der Waals surface area contributed by atoms with Crippen molar-refractivity contribution < 1.29 is 26.3 Å². The van der Waals surface area contributed by atoms with Gasteiger partial charge in [-0.3, -0.25) is 4.57 Å². The number of nitrogens with zero attached hydrogens (tertiary/aromatic N) is 6. The summed E-state index contributed by atoms with van der Waals surface area (Å²) >= 11 is 0. The number of halogens is 6. The SMILES string of the molecule is N#Cc1c(-c2cccc3c2c2ccccc2n3-c2ccccc2)c(-n2c3ccccc3c3cc(C(F)(F)F)ccc32)nc(-c2cccc3c2c2ccccc2n3-c2ccccc2)c1-n1c2ccccc2c2cc(C(F)(F)F)ccc21. The van der Waals surface area contributed by atoms with Gasteiger partial charge in [0.1, 0.15) is 11.9 Å². The van der Waals surface area contributed by atoms with Crippen molar-refractivity contribution in [2.75, 3.05) is 0 Å². The average molecular weight is 1050 g/mol. The minimum atomic E-state index is -4.67. The summed E-state index contributed by atoms with van der Waals surface area (Å²) in [4.78, 5) is 5.93. The zero-order chi connectivity index (χ0) is 54.2. The number of hydrogen-bond donors (Lipinski definition) is 0. The molecule has 382 valence electrons. The zero-order valence-corrected chi connectivity index (χ0v) is 41.9. The Morgan fingerprint density at radius 1 is 0.350 bits per heavy atom. The first kappa shape index (κ1) is 46.9. The Kier molecular flexibility index (Phi) is 10.1. The number of benzene rings is 10. The van der Waals surface area contributed by atoms with Crippen LogP contribution in [0.5, 0.6) is 0 Å². The summed E-state index contributed by atoms with van der Waals surface area (Å²) in [6.45, 7) is 0. The Morgan fingerprint density at radius 3 is 1.23 bits per heavy atom. The van der Waals surface area contributed by atoms with Crippen LogP contribution in [-0.4, -0.2) is 23.3 Å². The van der Waals surface area contributed by atoms with Crippen molar-refractivity contribution in [2.45, 2.75) is 12.4 Å². The smallest absolute Gasteiger partial charge is 0.309 e. The van der Waals surface area contributed by atoms with Crippen molar-refractivity contribution >= 4 is 87.2 Å². The molecule has 0 aliphatic carbocycles. The number of rotatable bonds is 6. The van der Waals surface area contributed by atoms with Crippen LogP contribution < -0.4 is 0 Å². The maximum absolute atomic E-state index is 14.8. The predicted octanol–water partition coefficient (Wildman–Crippen LogP) is 18.7. The molecule has 0 N–H and O–H groups in total. The van der Waals surface area contributed by atoms with E-state index in [4.69, 9.17) is 4.98 Å². The van der Waals surface area contributed by atoms with E-state index in [1.807, 2.05) is 179 Å². The van der Waals surface area contributed by atoms with Crippen LogP contribution in [0.1, 0.15) is 16.7 Å². The molecule has 0 amide bonds. The Labute approximate surface area is 451 Å². The Balaban J connectivity index is 1.20. The lowest BCUT2D eigenvalue weighted by molar-refractivity contribution is -0.138. The lowest BCUT2D eigenvalue weighted by atomic mass is 9.92. The molecule has 0 spiro atoms. The zero-order valence-electron chi connectivity index (χ0n) is 41.9. The third-order valence-corrected chi connectivity index (χ3v) is 15.6. The van der Waals surface area contributed by atoms with Crippen molar-refractivity contribution in [2.24, 2.45) is 0 Å². The first-order valence-corrected chi connectivity index (χ1v) is 25.8. The van der Waals surface area contributed by atoms with Crippen LogP contribution in [-0.2, 0) is 12.4 Å². The molecule has 0 unspecified atom stereocenters. The number of para-hydroxylation sites is 6. The van der Waals surface area contributed by atoms with Gasteiger partial charge in [0.25, 0.3) is 0 Å². The summed E-state index contributed by atoms with van der Waals surface area (Å²) in [6, 6.07) is 72.2. The highest BCUT2D eigenvalue weighted by Crippen LogP contribution is 2.50. The van der Waals surface area contributed by atoms with Crippen LogP contribution >= 0.6 is 0 Å². The molecule has 0 aliphatic heterocycles. The number of alkyl halides is 6. The molecule has 0 bridgehead atoms. The molecule has 6 nitrogen and oxygen atoms in total. The molecular weight excluding hydrogens is 1010 g/mol. The van der Waals surface area contributed by atoms with Crippen LogP contribution in [0, 0.1) is 11.3 Å². The Morgan fingerprint density at radius 2 is 0.738 bits per heavy atom. The second kappa shape index (κ2) is 17.3. The number of nitriles is 1. The Bertz CT molecular complexity index is 5110. The fraction of sp³-hybridized carbons (Fsp3) is 0.0294. The quantitative estimate of drug-likeness (QED) is 0.156. The molecule has 12 heteroatoms. The second-order valence-corrected chi connectivity index (χ2v) is 19.9. The van der Waals surface area contributed by atoms with Gasteiger partial charge in [-0.15, -0.1) is 0 Å². The first-order valence-electron chi connectivity index (χ1n) is 25.8. The van der Waals surface area contributed by atoms with Gasteiger partial charge in [-0.1, -0.05) is 133 Å². The normalized spacial score (nSPS) is 12.4. The lowest BCUT2D eigenvalue weighted by Gasteiger charge is -2.23. The van der Waals surface area contributed by atoms with Gasteiger partial charge in [0.2, 0.25) is 0 Å². The van der Waals surface area contributed by atoms with Crippen molar-refractivity contribution in [3.8, 4) is 51.3 Å². The molecule has 0 fully saturated rings. The summed E-state index contributed by atoms with van der Waals surface area (Å²) in [5, 5.41) is 17.5. The largest absolute Gasteiger partial charge is 0.416 e. The van der Waals surface area contributed by atoms with Gasteiger partial charge in [-0.25, -0.2) is 4.98 Å². The predicted molar refractivity (Wildman–Crippen MR) is 307 cm³/mol. The van der Waals surface area contributed by atoms with Gasteiger partial charge < -0.3 is 13.7 Å². The second-order valence-electron chi connectivity index (χ2n) is 19.9. The topological polar surface area (TPSA) is 56.4 Å². The minimum Gasteiger partial charge on any atom is -0.309 e. The molecule has 0 atom stereocenters. The Hall–Kier alpha value is -10.4. The van der Waals surface area contributed by atoms with Crippen molar-refractivity contribution in [3.05, 3.63) is 247 Å². The molecule has 80 heavy (non-hydrogen) atoms. The molecule has 0 saturated carbocycles. The maximum Gasteiger partial charge on any atom is 0.416 e. The molecule has 15 aromatic rings. The average Bonchev–Trinajstić information content (AvgIpc) is 4.24.